The third-order valence-electron chi connectivity index (χ3n) is 2.43. The van der Waals surface area contributed by atoms with Crippen LogP contribution in [0, 0.1) is 11.3 Å². The fourth-order valence-electron chi connectivity index (χ4n) is 1.51. The molecule has 2 rings (SSSR count). The van der Waals surface area contributed by atoms with Crippen LogP contribution < -0.4 is 5.32 Å². The van der Waals surface area contributed by atoms with E-state index in [9.17, 15) is 13.2 Å². The summed E-state index contributed by atoms with van der Waals surface area (Å²) in [5.74, 6) is -0.0476. The van der Waals surface area contributed by atoms with Gasteiger partial charge in [0.1, 0.15) is 11.6 Å². The Labute approximate surface area is 135 Å². The Hall–Kier alpha value is -2.12. The third-order valence-corrected chi connectivity index (χ3v) is 3.27. The molecular formula is C11H5BrClF3N6. The molecule has 0 aliphatic heterocycles. The van der Waals surface area contributed by atoms with E-state index in [1.54, 1.807) is 6.07 Å². The van der Waals surface area contributed by atoms with Crippen LogP contribution >= 0.6 is 27.5 Å². The van der Waals surface area contributed by atoms with Crippen LogP contribution in [0.5, 0.6) is 0 Å². The van der Waals surface area contributed by atoms with E-state index >= 15 is 0 Å². The number of allylic oxidation sites excluding steroid dienone is 1. The third kappa shape index (κ3) is 3.55. The summed E-state index contributed by atoms with van der Waals surface area (Å²) in [4.78, 5) is 0. The number of aromatic nitrogens is 4. The molecule has 1 aromatic heterocycles. The molecule has 0 fully saturated rings. The highest BCUT2D eigenvalue weighted by Crippen LogP contribution is 2.40. The van der Waals surface area contributed by atoms with Gasteiger partial charge in [-0.25, -0.2) is 0 Å². The van der Waals surface area contributed by atoms with E-state index in [0.717, 1.165) is 12.3 Å². The minimum absolute atomic E-state index is 0.0476. The minimum Gasteiger partial charge on any atom is -0.359 e. The number of halogens is 5. The van der Waals surface area contributed by atoms with Crippen molar-refractivity contribution in [2.45, 2.75) is 6.18 Å². The average molecular weight is 394 g/mol. The van der Waals surface area contributed by atoms with Crippen molar-refractivity contribution in [3.8, 4) is 6.07 Å². The Morgan fingerprint density at radius 2 is 2.18 bits per heavy atom. The molecule has 0 unspecified atom stereocenters. The van der Waals surface area contributed by atoms with Gasteiger partial charge in [-0.3, -0.25) is 0 Å². The van der Waals surface area contributed by atoms with E-state index in [1.165, 1.54) is 6.07 Å². The molecule has 114 valence electrons. The topological polar surface area (TPSA) is 90.3 Å². The number of alkyl halides is 3. The van der Waals surface area contributed by atoms with Crippen molar-refractivity contribution in [1.29, 1.82) is 5.26 Å². The van der Waals surface area contributed by atoms with Crippen molar-refractivity contribution in [3.05, 3.63) is 39.2 Å². The zero-order valence-corrected chi connectivity index (χ0v) is 12.8. The van der Waals surface area contributed by atoms with Crippen molar-refractivity contribution in [1.82, 2.24) is 20.6 Å². The van der Waals surface area contributed by atoms with Crippen LogP contribution in [-0.4, -0.2) is 20.6 Å². The van der Waals surface area contributed by atoms with E-state index < -0.39 is 11.7 Å². The first-order chi connectivity index (χ1) is 10.3. The number of nitriles is 1. The maximum absolute atomic E-state index is 13.0. The molecular weight excluding hydrogens is 389 g/mol. The lowest BCUT2D eigenvalue weighted by atomic mass is 10.1. The van der Waals surface area contributed by atoms with Crippen LogP contribution in [0.1, 0.15) is 11.4 Å². The largest absolute Gasteiger partial charge is 0.418 e. The van der Waals surface area contributed by atoms with Crippen LogP contribution in [0.2, 0.25) is 5.02 Å². The predicted molar refractivity (Wildman–Crippen MR) is 75.5 cm³/mol. The number of tetrazole rings is 1. The number of H-pyrrole nitrogens is 1. The van der Waals surface area contributed by atoms with Crippen molar-refractivity contribution in [2.24, 2.45) is 0 Å². The van der Waals surface area contributed by atoms with E-state index in [2.05, 4.69) is 41.9 Å². The number of aromatic amines is 1. The zero-order chi connectivity index (χ0) is 16.3. The first-order valence-corrected chi connectivity index (χ1v) is 6.67. The van der Waals surface area contributed by atoms with Crippen molar-refractivity contribution >= 4 is 38.8 Å². The van der Waals surface area contributed by atoms with Gasteiger partial charge in [0.2, 0.25) is 5.82 Å². The second-order valence-corrected chi connectivity index (χ2v) is 5.15. The molecule has 0 saturated carbocycles. The van der Waals surface area contributed by atoms with Gasteiger partial charge in [0, 0.05) is 15.7 Å². The maximum Gasteiger partial charge on any atom is 0.418 e. The molecule has 2 aromatic rings. The SMILES string of the molecule is N#CC(=CNc1c(Br)cc(Cl)cc1C(F)(F)F)c1nn[nH]n1. The molecule has 0 aliphatic rings. The molecule has 0 radical (unpaired) electrons. The summed E-state index contributed by atoms with van der Waals surface area (Å²) >= 11 is 8.64. The first kappa shape index (κ1) is 16.3. The lowest BCUT2D eigenvalue weighted by Gasteiger charge is -2.15. The summed E-state index contributed by atoms with van der Waals surface area (Å²) in [5.41, 5.74) is -1.36. The number of nitrogens with zero attached hydrogens (tertiary/aromatic N) is 4. The van der Waals surface area contributed by atoms with Crippen molar-refractivity contribution in [2.75, 3.05) is 5.32 Å². The summed E-state index contributed by atoms with van der Waals surface area (Å²) in [6.45, 7) is 0. The van der Waals surface area contributed by atoms with Crippen LogP contribution in [0.25, 0.3) is 5.57 Å². The molecule has 0 bridgehead atoms. The Balaban J connectivity index is 2.44. The Morgan fingerprint density at radius 1 is 1.45 bits per heavy atom. The summed E-state index contributed by atoms with van der Waals surface area (Å²) in [6, 6.07) is 3.83. The minimum atomic E-state index is -4.62. The number of hydrogen-bond donors (Lipinski definition) is 2. The smallest absolute Gasteiger partial charge is 0.359 e. The molecule has 1 heterocycles. The quantitative estimate of drug-likeness (QED) is 0.778. The van der Waals surface area contributed by atoms with Crippen molar-refractivity contribution in [3.63, 3.8) is 0 Å². The molecule has 11 heteroatoms. The summed E-state index contributed by atoms with van der Waals surface area (Å²) in [7, 11) is 0. The molecule has 6 nitrogen and oxygen atoms in total. The Kier molecular flexibility index (Phi) is 4.68. The molecule has 0 atom stereocenters. The van der Waals surface area contributed by atoms with E-state index in [4.69, 9.17) is 16.9 Å². The van der Waals surface area contributed by atoms with E-state index in [1.807, 2.05) is 0 Å². The highest BCUT2D eigenvalue weighted by molar-refractivity contribution is 9.10. The fraction of sp³-hybridized carbons (Fsp3) is 0.0909. The summed E-state index contributed by atoms with van der Waals surface area (Å²) in [5, 5.41) is 23.9. The van der Waals surface area contributed by atoms with Crippen LogP contribution in [0.3, 0.4) is 0 Å². The molecule has 0 amide bonds. The first-order valence-electron chi connectivity index (χ1n) is 5.49. The summed E-state index contributed by atoms with van der Waals surface area (Å²) < 4.78 is 39.2. The number of hydrogen-bond acceptors (Lipinski definition) is 5. The lowest BCUT2D eigenvalue weighted by Crippen LogP contribution is -2.09. The van der Waals surface area contributed by atoms with E-state index in [-0.39, 0.29) is 26.6 Å². The fourth-order valence-corrected chi connectivity index (χ4v) is 2.44. The Morgan fingerprint density at radius 3 is 2.73 bits per heavy atom. The van der Waals surface area contributed by atoms with Crippen LogP contribution in [0.15, 0.2) is 22.8 Å². The monoisotopic (exact) mass is 392 g/mol. The van der Waals surface area contributed by atoms with Gasteiger partial charge in [0.05, 0.1) is 11.3 Å². The van der Waals surface area contributed by atoms with Gasteiger partial charge >= 0.3 is 6.18 Å². The number of nitrogens with one attached hydrogen (secondary N) is 2. The van der Waals surface area contributed by atoms with Gasteiger partial charge in [-0.05, 0) is 33.3 Å². The van der Waals surface area contributed by atoms with Crippen LogP contribution in [0.4, 0.5) is 18.9 Å². The van der Waals surface area contributed by atoms with Crippen molar-refractivity contribution < 1.29 is 13.2 Å². The molecule has 0 aliphatic carbocycles. The lowest BCUT2D eigenvalue weighted by molar-refractivity contribution is -0.136. The highest BCUT2D eigenvalue weighted by atomic mass is 79.9. The van der Waals surface area contributed by atoms with Gasteiger partial charge in [-0.15, -0.1) is 10.2 Å². The number of anilines is 1. The van der Waals surface area contributed by atoms with Crippen LogP contribution in [-0.2, 0) is 6.18 Å². The molecule has 22 heavy (non-hydrogen) atoms. The Bertz CT molecular complexity index is 750. The van der Waals surface area contributed by atoms with Gasteiger partial charge < -0.3 is 5.32 Å². The second kappa shape index (κ2) is 6.33. The zero-order valence-electron chi connectivity index (χ0n) is 10.4. The van der Waals surface area contributed by atoms with Gasteiger partial charge in [-0.1, -0.05) is 11.6 Å². The molecule has 0 spiro atoms. The predicted octanol–water partition coefficient (Wildman–Crippen LogP) is 3.61. The standard InChI is InChI=1S/C11H5BrClF3N6/c12-8-2-6(13)1-7(11(14,15)16)9(8)18-4-5(3-17)10-19-21-22-20-10/h1-2,4,18H,(H,19,20,21,22). The number of rotatable bonds is 3. The maximum atomic E-state index is 13.0. The second-order valence-electron chi connectivity index (χ2n) is 3.86. The molecule has 1 aromatic carbocycles. The van der Waals surface area contributed by atoms with Gasteiger partial charge in [0.25, 0.3) is 0 Å². The summed E-state index contributed by atoms with van der Waals surface area (Å²) in [6.07, 6.45) is -3.57. The van der Waals surface area contributed by atoms with Gasteiger partial charge in [0.15, 0.2) is 0 Å². The highest BCUT2D eigenvalue weighted by Gasteiger charge is 2.34. The average Bonchev–Trinajstić information content (AvgIpc) is 2.94. The molecule has 0 saturated heterocycles. The van der Waals surface area contributed by atoms with Gasteiger partial charge in [-0.2, -0.15) is 23.6 Å². The normalized spacial score (nSPS) is 12.1. The van der Waals surface area contributed by atoms with E-state index in [0.29, 0.717) is 0 Å². The number of benzene rings is 1. The molecule has 2 N–H and O–H groups in total.